The summed E-state index contributed by atoms with van der Waals surface area (Å²) in [5.74, 6) is 0. The van der Waals surface area contributed by atoms with E-state index < -0.39 is 0 Å². The molecule has 0 bridgehead atoms. The van der Waals surface area contributed by atoms with Crippen molar-refractivity contribution in [2.24, 2.45) is 0 Å². The highest BCUT2D eigenvalue weighted by Gasteiger charge is 2.14. The fourth-order valence-corrected chi connectivity index (χ4v) is 3.38. The minimum absolute atomic E-state index is 0.820. The molecule has 0 aliphatic heterocycles. The Morgan fingerprint density at radius 1 is 1.00 bits per heavy atom. The summed E-state index contributed by atoms with van der Waals surface area (Å²) in [7, 11) is 0. The molecule has 124 valence electrons. The lowest BCUT2D eigenvalue weighted by Crippen LogP contribution is -2.17. The van der Waals surface area contributed by atoms with Gasteiger partial charge in [-0.25, -0.2) is 4.98 Å². The first-order valence-electron chi connectivity index (χ1n) is 8.38. The van der Waals surface area contributed by atoms with Gasteiger partial charge >= 0.3 is 0 Å². The average Bonchev–Trinajstić information content (AvgIpc) is 3.10. The number of rotatable bonds is 8. The first kappa shape index (κ1) is 16.7. The number of aromatic nitrogens is 1. The number of thiazole rings is 1. The molecule has 0 aliphatic rings. The molecule has 0 radical (unpaired) electrons. The van der Waals surface area contributed by atoms with Gasteiger partial charge in [0.1, 0.15) is 0 Å². The lowest BCUT2D eigenvalue weighted by molar-refractivity contribution is 0.666. The second kappa shape index (κ2) is 8.62. The van der Waals surface area contributed by atoms with E-state index in [2.05, 4.69) is 77.1 Å². The van der Waals surface area contributed by atoms with Crippen molar-refractivity contribution in [3.63, 3.8) is 0 Å². The highest BCUT2D eigenvalue weighted by Crippen LogP contribution is 2.30. The van der Waals surface area contributed by atoms with E-state index in [0.717, 1.165) is 36.9 Å². The number of hydrogen-bond donors (Lipinski definition) is 1. The Bertz CT molecular complexity index is 725. The summed E-state index contributed by atoms with van der Waals surface area (Å²) in [4.78, 5) is 7.12. The topological polar surface area (TPSA) is 28.2 Å². The molecule has 4 heteroatoms. The van der Waals surface area contributed by atoms with Gasteiger partial charge in [0.05, 0.1) is 12.2 Å². The number of hydrogen-bond acceptors (Lipinski definition) is 4. The summed E-state index contributed by atoms with van der Waals surface area (Å²) in [6.45, 7) is 4.86. The molecule has 1 N–H and O–H groups in total. The largest absolute Gasteiger partial charge is 0.313 e. The lowest BCUT2D eigenvalue weighted by Gasteiger charge is -2.22. The third-order valence-corrected chi connectivity index (χ3v) is 4.67. The number of anilines is 2. The number of nitrogens with one attached hydrogen (secondary N) is 1. The van der Waals surface area contributed by atoms with E-state index in [0.29, 0.717) is 0 Å². The summed E-state index contributed by atoms with van der Waals surface area (Å²) in [6.07, 6.45) is 1.14. The van der Waals surface area contributed by atoms with E-state index in [4.69, 9.17) is 4.98 Å². The Morgan fingerprint density at radius 3 is 2.42 bits per heavy atom. The molecule has 3 nitrogen and oxygen atoms in total. The number of nitrogens with zero attached hydrogens (tertiary/aromatic N) is 2. The van der Waals surface area contributed by atoms with E-state index in [9.17, 15) is 0 Å². The molecule has 0 aliphatic carbocycles. The molecular formula is C20H23N3S. The molecule has 0 fully saturated rings. The van der Waals surface area contributed by atoms with Crippen LogP contribution >= 0.6 is 11.3 Å². The summed E-state index contributed by atoms with van der Waals surface area (Å²) < 4.78 is 0. The van der Waals surface area contributed by atoms with E-state index in [-0.39, 0.29) is 0 Å². The normalized spacial score (nSPS) is 10.7. The quantitative estimate of drug-likeness (QED) is 0.588. The maximum Gasteiger partial charge on any atom is 0.190 e. The van der Waals surface area contributed by atoms with Crippen LogP contribution in [0, 0.1) is 0 Å². The van der Waals surface area contributed by atoms with Crippen molar-refractivity contribution in [2.75, 3.05) is 11.4 Å². The molecular weight excluding hydrogens is 314 g/mol. The van der Waals surface area contributed by atoms with Crippen LogP contribution in [-0.4, -0.2) is 11.5 Å². The van der Waals surface area contributed by atoms with Crippen LogP contribution in [0.4, 0.5) is 10.8 Å². The first-order valence-corrected chi connectivity index (χ1v) is 9.26. The molecule has 0 spiro atoms. The van der Waals surface area contributed by atoms with Crippen LogP contribution in [0.2, 0.25) is 0 Å². The summed E-state index contributed by atoms with van der Waals surface area (Å²) in [5, 5.41) is 6.61. The smallest absolute Gasteiger partial charge is 0.190 e. The fraction of sp³-hybridized carbons (Fsp3) is 0.250. The Hall–Kier alpha value is -2.17. The van der Waals surface area contributed by atoms with Crippen LogP contribution in [-0.2, 0) is 13.1 Å². The van der Waals surface area contributed by atoms with Crippen molar-refractivity contribution in [1.29, 1.82) is 0 Å². The maximum absolute atomic E-state index is 4.84. The number of benzene rings is 2. The summed E-state index contributed by atoms with van der Waals surface area (Å²) in [5.41, 5.74) is 3.56. The van der Waals surface area contributed by atoms with Gasteiger partial charge in [-0.3, -0.25) is 0 Å². The van der Waals surface area contributed by atoms with Gasteiger partial charge < -0.3 is 10.2 Å². The zero-order valence-corrected chi connectivity index (χ0v) is 14.8. The number of para-hydroxylation sites is 1. The molecule has 0 atom stereocenters. The zero-order valence-electron chi connectivity index (χ0n) is 14.0. The molecule has 24 heavy (non-hydrogen) atoms. The van der Waals surface area contributed by atoms with Crippen LogP contribution < -0.4 is 10.2 Å². The van der Waals surface area contributed by atoms with Crippen LogP contribution in [0.15, 0.2) is 66.0 Å². The molecule has 1 aromatic heterocycles. The highest BCUT2D eigenvalue weighted by atomic mass is 32.1. The van der Waals surface area contributed by atoms with Crippen molar-refractivity contribution in [1.82, 2.24) is 10.3 Å². The minimum atomic E-state index is 0.820. The second-order valence-electron chi connectivity index (χ2n) is 5.71. The van der Waals surface area contributed by atoms with Crippen molar-refractivity contribution >= 4 is 22.2 Å². The Labute approximate surface area is 148 Å². The standard InChI is InChI=1S/C20H23N3S/c1-2-13-21-14-18-16-24-20(22-18)23(19-11-7-4-8-12-19)15-17-9-5-3-6-10-17/h3-12,16,21H,2,13-15H2,1H3. The van der Waals surface area contributed by atoms with Crippen LogP contribution in [0.1, 0.15) is 24.6 Å². The summed E-state index contributed by atoms with van der Waals surface area (Å²) in [6, 6.07) is 21.0. The third kappa shape index (κ3) is 4.43. The molecule has 3 aromatic rings. The summed E-state index contributed by atoms with van der Waals surface area (Å²) >= 11 is 1.70. The Morgan fingerprint density at radius 2 is 1.71 bits per heavy atom. The fourth-order valence-electron chi connectivity index (χ4n) is 2.54. The van der Waals surface area contributed by atoms with Gasteiger partial charge in [-0.1, -0.05) is 55.5 Å². The van der Waals surface area contributed by atoms with Crippen molar-refractivity contribution in [2.45, 2.75) is 26.4 Å². The SMILES string of the molecule is CCCNCc1csc(N(Cc2ccccc2)c2ccccc2)n1. The van der Waals surface area contributed by atoms with E-state index in [1.807, 2.05) is 6.07 Å². The van der Waals surface area contributed by atoms with Gasteiger partial charge in [0.15, 0.2) is 5.13 Å². The highest BCUT2D eigenvalue weighted by molar-refractivity contribution is 7.13. The average molecular weight is 337 g/mol. The minimum Gasteiger partial charge on any atom is -0.313 e. The zero-order chi connectivity index (χ0) is 16.6. The monoisotopic (exact) mass is 337 g/mol. The molecule has 0 amide bonds. The molecule has 0 saturated carbocycles. The third-order valence-electron chi connectivity index (χ3n) is 3.75. The van der Waals surface area contributed by atoms with Gasteiger partial charge in [-0.05, 0) is 30.7 Å². The predicted octanol–water partition coefficient (Wildman–Crippen LogP) is 4.98. The maximum atomic E-state index is 4.84. The predicted molar refractivity (Wildman–Crippen MR) is 103 cm³/mol. The second-order valence-corrected chi connectivity index (χ2v) is 6.54. The van der Waals surface area contributed by atoms with Crippen LogP contribution in [0.3, 0.4) is 0 Å². The van der Waals surface area contributed by atoms with Gasteiger partial charge in [-0.2, -0.15) is 0 Å². The van der Waals surface area contributed by atoms with Gasteiger partial charge in [0.25, 0.3) is 0 Å². The molecule has 1 heterocycles. The van der Waals surface area contributed by atoms with Crippen molar-refractivity contribution in [3.05, 3.63) is 77.3 Å². The van der Waals surface area contributed by atoms with E-state index in [1.54, 1.807) is 11.3 Å². The van der Waals surface area contributed by atoms with Crippen molar-refractivity contribution in [3.8, 4) is 0 Å². The first-order chi connectivity index (χ1) is 11.9. The van der Waals surface area contributed by atoms with Gasteiger partial charge in [0, 0.05) is 17.6 Å². The lowest BCUT2D eigenvalue weighted by atomic mass is 10.2. The van der Waals surface area contributed by atoms with Crippen LogP contribution in [0.5, 0.6) is 0 Å². The Kier molecular flexibility index (Phi) is 5.99. The molecule has 3 rings (SSSR count). The molecule has 2 aromatic carbocycles. The van der Waals surface area contributed by atoms with Crippen LogP contribution in [0.25, 0.3) is 0 Å². The molecule has 0 saturated heterocycles. The molecule has 0 unspecified atom stereocenters. The van der Waals surface area contributed by atoms with Gasteiger partial charge in [0.2, 0.25) is 0 Å². The van der Waals surface area contributed by atoms with Gasteiger partial charge in [-0.15, -0.1) is 11.3 Å². The Balaban J connectivity index is 1.82. The van der Waals surface area contributed by atoms with E-state index >= 15 is 0 Å². The van der Waals surface area contributed by atoms with E-state index in [1.165, 1.54) is 11.3 Å². The van der Waals surface area contributed by atoms with Crippen molar-refractivity contribution < 1.29 is 0 Å².